The molecule has 158 valence electrons. The fourth-order valence-corrected chi connectivity index (χ4v) is 3.59. The quantitative estimate of drug-likeness (QED) is 0.313. The number of pyridine rings is 1. The molecule has 0 saturated carbocycles. The molecule has 2 heterocycles. The van der Waals surface area contributed by atoms with Gasteiger partial charge in [0.1, 0.15) is 0 Å². The molecule has 3 rings (SSSR count). The summed E-state index contributed by atoms with van der Waals surface area (Å²) >= 11 is 3.49. The lowest BCUT2D eigenvalue weighted by Crippen LogP contribution is -2.48. The summed E-state index contributed by atoms with van der Waals surface area (Å²) in [6.45, 7) is 3.87. The molecule has 0 radical (unpaired) electrons. The number of nitrogens with one attached hydrogen (secondary N) is 2. The molecule has 8 heteroatoms. The summed E-state index contributed by atoms with van der Waals surface area (Å²) in [6.07, 6.45) is 3.98. The highest BCUT2D eigenvalue weighted by Crippen LogP contribution is 2.16. The van der Waals surface area contributed by atoms with Crippen LogP contribution in [0.15, 0.2) is 52.1 Å². The van der Waals surface area contributed by atoms with Gasteiger partial charge in [-0.1, -0.05) is 28.1 Å². The topological polar surface area (TPSA) is 61.8 Å². The normalized spacial score (nSPS) is 15.5. The van der Waals surface area contributed by atoms with Gasteiger partial charge in [-0.3, -0.25) is 9.89 Å². The molecule has 0 bridgehead atoms. The summed E-state index contributed by atoms with van der Waals surface area (Å²) in [5.74, 6) is 1.46. The van der Waals surface area contributed by atoms with Crippen LogP contribution < -0.4 is 15.4 Å². The molecule has 2 N–H and O–H groups in total. The second-order valence-corrected chi connectivity index (χ2v) is 7.87. The van der Waals surface area contributed by atoms with E-state index < -0.39 is 0 Å². The van der Waals surface area contributed by atoms with Crippen molar-refractivity contribution in [2.45, 2.75) is 32.0 Å². The van der Waals surface area contributed by atoms with Gasteiger partial charge in [0.05, 0.1) is 7.11 Å². The number of aromatic nitrogens is 1. The molecule has 1 fully saturated rings. The third kappa shape index (κ3) is 7.75. The van der Waals surface area contributed by atoms with Gasteiger partial charge in [-0.25, -0.2) is 4.98 Å². The number of nitrogens with zero attached hydrogens (tertiary/aromatic N) is 3. The van der Waals surface area contributed by atoms with Crippen molar-refractivity contribution in [2.24, 2.45) is 4.99 Å². The fourth-order valence-electron chi connectivity index (χ4n) is 3.33. The number of likely N-dealkylation sites (tertiary alicyclic amines) is 1. The van der Waals surface area contributed by atoms with E-state index in [1.807, 2.05) is 19.2 Å². The van der Waals surface area contributed by atoms with Gasteiger partial charge in [0.25, 0.3) is 0 Å². The smallest absolute Gasteiger partial charge is 0.213 e. The van der Waals surface area contributed by atoms with Gasteiger partial charge >= 0.3 is 0 Å². The Labute approximate surface area is 198 Å². The van der Waals surface area contributed by atoms with Gasteiger partial charge in [0.15, 0.2) is 5.96 Å². The SMILES string of the molecule is CN=C(NCc1ccnc(OC)c1)NC1CCN(Cc2ccc(Br)cc2)CC1.I. The molecule has 6 nitrogen and oxygen atoms in total. The number of guanidine groups is 1. The van der Waals surface area contributed by atoms with Crippen LogP contribution in [0.25, 0.3) is 0 Å². The Hall–Kier alpha value is -1.39. The molecule has 2 aromatic rings. The Kier molecular flexibility index (Phi) is 10.2. The van der Waals surface area contributed by atoms with E-state index in [9.17, 15) is 0 Å². The summed E-state index contributed by atoms with van der Waals surface area (Å²) in [5.41, 5.74) is 2.47. The zero-order valence-electron chi connectivity index (χ0n) is 16.9. The maximum absolute atomic E-state index is 5.18. The summed E-state index contributed by atoms with van der Waals surface area (Å²) in [4.78, 5) is 11.0. The van der Waals surface area contributed by atoms with E-state index in [0.717, 1.165) is 48.5 Å². The van der Waals surface area contributed by atoms with E-state index in [1.165, 1.54) is 5.56 Å². The summed E-state index contributed by atoms with van der Waals surface area (Å²) in [7, 11) is 3.44. The fraction of sp³-hybridized carbons (Fsp3) is 0.429. The lowest BCUT2D eigenvalue weighted by Gasteiger charge is -2.33. The van der Waals surface area contributed by atoms with E-state index >= 15 is 0 Å². The predicted octanol–water partition coefficient (Wildman–Crippen LogP) is 3.80. The van der Waals surface area contributed by atoms with Crippen molar-refractivity contribution < 1.29 is 4.74 Å². The van der Waals surface area contributed by atoms with Crippen LogP contribution in [0.5, 0.6) is 5.88 Å². The highest BCUT2D eigenvalue weighted by atomic mass is 127. The summed E-state index contributed by atoms with van der Waals surface area (Å²) in [5, 5.41) is 6.93. The number of rotatable bonds is 6. The minimum atomic E-state index is 0. The van der Waals surface area contributed by atoms with Crippen molar-refractivity contribution in [3.63, 3.8) is 0 Å². The third-order valence-electron chi connectivity index (χ3n) is 4.94. The highest BCUT2D eigenvalue weighted by Gasteiger charge is 2.20. The van der Waals surface area contributed by atoms with Crippen molar-refractivity contribution in [3.8, 4) is 5.88 Å². The van der Waals surface area contributed by atoms with E-state index in [4.69, 9.17) is 4.74 Å². The molecule has 1 aliphatic heterocycles. The number of ether oxygens (including phenoxy) is 1. The van der Waals surface area contributed by atoms with Gasteiger partial charge in [0.2, 0.25) is 5.88 Å². The zero-order valence-corrected chi connectivity index (χ0v) is 20.8. The molecule has 0 amide bonds. The number of aliphatic imine (C=N–C) groups is 1. The van der Waals surface area contributed by atoms with Crippen LogP contribution in [0.1, 0.15) is 24.0 Å². The van der Waals surface area contributed by atoms with Gasteiger partial charge in [-0.15, -0.1) is 24.0 Å². The molecular formula is C21H29BrIN5O. The first-order valence-electron chi connectivity index (χ1n) is 9.59. The van der Waals surface area contributed by atoms with Crippen LogP contribution in [0, 0.1) is 0 Å². The standard InChI is InChI=1S/C21H28BrN5O.HI/c1-23-21(25-14-17-7-10-24-20(13-17)28-2)26-19-8-11-27(12-9-19)15-16-3-5-18(22)6-4-16;/h3-7,10,13,19H,8-9,11-12,14-15H2,1-2H3,(H2,23,25,26);1H. The number of hydrogen-bond acceptors (Lipinski definition) is 4. The van der Waals surface area contributed by atoms with Crippen molar-refractivity contribution in [1.29, 1.82) is 0 Å². The molecule has 0 unspecified atom stereocenters. The van der Waals surface area contributed by atoms with E-state index in [2.05, 4.69) is 65.7 Å². The molecule has 1 aromatic carbocycles. The van der Waals surface area contributed by atoms with Crippen LogP contribution in [0.2, 0.25) is 0 Å². The zero-order chi connectivity index (χ0) is 19.8. The maximum Gasteiger partial charge on any atom is 0.213 e. The molecule has 1 aromatic heterocycles. The van der Waals surface area contributed by atoms with E-state index in [-0.39, 0.29) is 24.0 Å². The molecule has 0 aliphatic carbocycles. The third-order valence-corrected chi connectivity index (χ3v) is 5.47. The van der Waals surface area contributed by atoms with Gasteiger partial charge in [0, 0.05) is 56.0 Å². The van der Waals surface area contributed by atoms with Crippen LogP contribution >= 0.6 is 39.9 Å². The van der Waals surface area contributed by atoms with Crippen LogP contribution in [-0.2, 0) is 13.1 Å². The average Bonchev–Trinajstić information content (AvgIpc) is 2.74. The lowest BCUT2D eigenvalue weighted by atomic mass is 10.0. The first kappa shape index (κ1) is 23.9. The number of hydrogen-bond donors (Lipinski definition) is 2. The van der Waals surface area contributed by atoms with Crippen molar-refractivity contribution in [3.05, 3.63) is 58.2 Å². The molecule has 1 saturated heterocycles. The first-order valence-corrected chi connectivity index (χ1v) is 10.4. The predicted molar refractivity (Wildman–Crippen MR) is 132 cm³/mol. The summed E-state index contributed by atoms with van der Waals surface area (Å²) in [6, 6.07) is 12.9. The first-order chi connectivity index (χ1) is 13.7. The Bertz CT molecular complexity index is 779. The average molecular weight is 574 g/mol. The van der Waals surface area contributed by atoms with Gasteiger partial charge in [-0.05, 0) is 42.2 Å². The van der Waals surface area contributed by atoms with Crippen LogP contribution in [0.4, 0.5) is 0 Å². The molecule has 1 aliphatic rings. The number of halogens is 2. The van der Waals surface area contributed by atoms with Gasteiger partial charge < -0.3 is 15.4 Å². The number of methoxy groups -OCH3 is 1. The summed E-state index contributed by atoms with van der Waals surface area (Å²) < 4.78 is 6.30. The molecule has 0 atom stereocenters. The Morgan fingerprint density at radius 1 is 1.21 bits per heavy atom. The minimum absolute atomic E-state index is 0. The molecule has 0 spiro atoms. The monoisotopic (exact) mass is 573 g/mol. The highest BCUT2D eigenvalue weighted by molar-refractivity contribution is 14.0. The lowest BCUT2D eigenvalue weighted by molar-refractivity contribution is 0.198. The van der Waals surface area contributed by atoms with Crippen molar-refractivity contribution >= 4 is 45.9 Å². The Morgan fingerprint density at radius 3 is 2.59 bits per heavy atom. The minimum Gasteiger partial charge on any atom is -0.481 e. The number of piperidine rings is 1. The van der Waals surface area contributed by atoms with Crippen LogP contribution in [0.3, 0.4) is 0 Å². The van der Waals surface area contributed by atoms with E-state index in [0.29, 0.717) is 18.5 Å². The second-order valence-electron chi connectivity index (χ2n) is 6.95. The van der Waals surface area contributed by atoms with Crippen molar-refractivity contribution in [1.82, 2.24) is 20.5 Å². The van der Waals surface area contributed by atoms with E-state index in [1.54, 1.807) is 13.3 Å². The number of benzene rings is 1. The Morgan fingerprint density at radius 2 is 1.93 bits per heavy atom. The Balaban J connectivity index is 0.00000300. The largest absolute Gasteiger partial charge is 0.481 e. The molecule has 29 heavy (non-hydrogen) atoms. The van der Waals surface area contributed by atoms with Gasteiger partial charge in [-0.2, -0.15) is 0 Å². The second kappa shape index (κ2) is 12.3. The molecular weight excluding hydrogens is 545 g/mol. The van der Waals surface area contributed by atoms with Crippen LogP contribution in [-0.4, -0.2) is 49.1 Å². The van der Waals surface area contributed by atoms with Crippen molar-refractivity contribution in [2.75, 3.05) is 27.2 Å². The maximum atomic E-state index is 5.18.